The lowest BCUT2D eigenvalue weighted by Gasteiger charge is -1.91. The third-order valence-electron chi connectivity index (χ3n) is 4.34. The first-order chi connectivity index (χ1) is 11.9. The van der Waals surface area contributed by atoms with E-state index in [1.165, 1.54) is 48.7 Å². The Kier molecular flexibility index (Phi) is 2.77. The van der Waals surface area contributed by atoms with E-state index in [4.69, 9.17) is 0 Å². The van der Waals surface area contributed by atoms with Gasteiger partial charge in [0.2, 0.25) is 0 Å². The third-order valence-corrected chi connectivity index (χ3v) is 9.37. The minimum Gasteiger partial charge on any atom is -0.134 e. The summed E-state index contributed by atoms with van der Waals surface area (Å²) in [4.78, 5) is 2.80. The van der Waals surface area contributed by atoms with Crippen molar-refractivity contribution in [3.05, 3.63) is 60.7 Å². The second-order valence-electron chi connectivity index (χ2n) is 5.80. The SMILES string of the molecule is c1ccc2c(c1)sc1cc(-c3cc4sc5ccccc5c4s3)sc12. The van der Waals surface area contributed by atoms with Gasteiger partial charge in [-0.05, 0) is 24.3 Å². The number of hydrogen-bond acceptors (Lipinski definition) is 4. The van der Waals surface area contributed by atoms with E-state index >= 15 is 0 Å². The molecule has 24 heavy (non-hydrogen) atoms. The van der Waals surface area contributed by atoms with Crippen LogP contribution in [0.25, 0.3) is 48.7 Å². The molecule has 0 saturated carbocycles. The zero-order chi connectivity index (χ0) is 15.7. The van der Waals surface area contributed by atoms with Gasteiger partial charge >= 0.3 is 0 Å². The summed E-state index contributed by atoms with van der Waals surface area (Å²) in [5.74, 6) is 0. The highest BCUT2D eigenvalue weighted by molar-refractivity contribution is 7.37. The molecule has 4 heteroatoms. The first-order valence-electron chi connectivity index (χ1n) is 7.69. The molecule has 0 nitrogen and oxygen atoms in total. The molecule has 0 aliphatic heterocycles. The highest BCUT2D eigenvalue weighted by atomic mass is 32.1. The van der Waals surface area contributed by atoms with E-state index in [0.717, 1.165) is 0 Å². The molecule has 114 valence electrons. The number of benzene rings is 2. The molecule has 0 unspecified atom stereocenters. The van der Waals surface area contributed by atoms with E-state index in [9.17, 15) is 0 Å². The lowest BCUT2D eigenvalue weighted by molar-refractivity contribution is 1.87. The monoisotopic (exact) mass is 378 g/mol. The molecule has 0 fully saturated rings. The molecule has 4 heterocycles. The van der Waals surface area contributed by atoms with Crippen molar-refractivity contribution in [1.82, 2.24) is 0 Å². The fraction of sp³-hybridized carbons (Fsp3) is 0. The molecule has 0 radical (unpaired) electrons. The maximum absolute atomic E-state index is 2.38. The molecule has 2 aromatic carbocycles. The fourth-order valence-electron chi connectivity index (χ4n) is 3.24. The number of hydrogen-bond donors (Lipinski definition) is 0. The van der Waals surface area contributed by atoms with Gasteiger partial charge in [0, 0.05) is 39.3 Å². The largest absolute Gasteiger partial charge is 0.134 e. The minimum atomic E-state index is 1.39. The van der Waals surface area contributed by atoms with Crippen molar-refractivity contribution in [2.75, 3.05) is 0 Å². The van der Waals surface area contributed by atoms with Crippen LogP contribution in [0.1, 0.15) is 0 Å². The Balaban J connectivity index is 1.59. The molecular weight excluding hydrogens is 368 g/mol. The van der Waals surface area contributed by atoms with Crippen LogP contribution >= 0.6 is 45.3 Å². The van der Waals surface area contributed by atoms with Crippen molar-refractivity contribution < 1.29 is 0 Å². The molecule has 0 aliphatic rings. The van der Waals surface area contributed by atoms with Crippen LogP contribution in [0, 0.1) is 0 Å². The molecule has 0 N–H and O–H groups in total. The smallest absolute Gasteiger partial charge is 0.0536 e. The molecular formula is C20H10S4. The quantitative estimate of drug-likeness (QED) is 0.270. The van der Waals surface area contributed by atoms with E-state index in [0.29, 0.717) is 0 Å². The van der Waals surface area contributed by atoms with E-state index in [2.05, 4.69) is 60.7 Å². The summed E-state index contributed by atoms with van der Waals surface area (Å²) in [5, 5.41) is 2.80. The number of thiophene rings is 4. The van der Waals surface area contributed by atoms with E-state index in [-0.39, 0.29) is 0 Å². The Labute approximate surface area is 154 Å². The van der Waals surface area contributed by atoms with Crippen LogP contribution in [-0.2, 0) is 0 Å². The lowest BCUT2D eigenvalue weighted by Crippen LogP contribution is -1.60. The minimum absolute atomic E-state index is 1.39. The summed E-state index contributed by atoms with van der Waals surface area (Å²) >= 11 is 7.68. The first kappa shape index (κ1) is 13.6. The van der Waals surface area contributed by atoms with Crippen molar-refractivity contribution in [3.8, 4) is 9.75 Å². The maximum atomic E-state index is 2.38. The molecule has 6 rings (SSSR count). The van der Waals surface area contributed by atoms with E-state index in [1.54, 1.807) is 0 Å². The Bertz CT molecular complexity index is 1250. The standard InChI is InChI=1S/C20H10S4/c1-3-7-13-11(5-1)19-17(21-13)9-15(23-19)16-10-18-20(24-16)12-6-2-4-8-14(12)22-18/h1-10H. The molecule has 0 aliphatic carbocycles. The fourth-order valence-corrected chi connectivity index (χ4v) is 8.36. The van der Waals surface area contributed by atoms with Crippen LogP contribution in [0.3, 0.4) is 0 Å². The molecule has 0 saturated heterocycles. The lowest BCUT2D eigenvalue weighted by atomic mass is 10.2. The van der Waals surface area contributed by atoms with Gasteiger partial charge in [-0.25, -0.2) is 0 Å². The first-order valence-corrected chi connectivity index (χ1v) is 11.0. The molecule has 0 bridgehead atoms. The van der Waals surface area contributed by atoms with Crippen LogP contribution in [0.5, 0.6) is 0 Å². The summed E-state index contributed by atoms with van der Waals surface area (Å²) in [6.45, 7) is 0. The normalized spacial score (nSPS) is 12.2. The average molecular weight is 379 g/mol. The van der Waals surface area contributed by atoms with Gasteiger partial charge in [-0.3, -0.25) is 0 Å². The van der Waals surface area contributed by atoms with Crippen molar-refractivity contribution in [3.63, 3.8) is 0 Å². The number of rotatable bonds is 1. The Hall–Kier alpha value is -1.72. The molecule has 0 atom stereocenters. The molecule has 6 aromatic rings. The molecule has 4 aromatic heterocycles. The Morgan fingerprint density at radius 1 is 0.458 bits per heavy atom. The van der Waals surface area contributed by atoms with Crippen LogP contribution in [0.15, 0.2) is 60.7 Å². The Morgan fingerprint density at radius 3 is 1.42 bits per heavy atom. The Morgan fingerprint density at radius 2 is 0.917 bits per heavy atom. The van der Waals surface area contributed by atoms with Gasteiger partial charge < -0.3 is 0 Å². The third kappa shape index (κ3) is 1.82. The van der Waals surface area contributed by atoms with Crippen molar-refractivity contribution >= 4 is 84.3 Å². The van der Waals surface area contributed by atoms with Crippen LogP contribution < -0.4 is 0 Å². The number of fused-ring (bicyclic) bond motifs is 6. The van der Waals surface area contributed by atoms with Crippen molar-refractivity contribution in [1.29, 1.82) is 0 Å². The highest BCUT2D eigenvalue weighted by Gasteiger charge is 2.14. The van der Waals surface area contributed by atoms with Gasteiger partial charge in [-0.2, -0.15) is 0 Å². The van der Waals surface area contributed by atoms with Gasteiger partial charge in [-0.15, -0.1) is 45.3 Å². The second kappa shape index (κ2) is 4.90. The van der Waals surface area contributed by atoms with Gasteiger partial charge in [0.25, 0.3) is 0 Å². The average Bonchev–Trinajstić information content (AvgIpc) is 3.31. The zero-order valence-electron chi connectivity index (χ0n) is 12.4. The van der Waals surface area contributed by atoms with Crippen LogP contribution in [0.4, 0.5) is 0 Å². The molecule has 0 amide bonds. The summed E-state index contributed by atoms with van der Waals surface area (Å²) < 4.78 is 8.49. The van der Waals surface area contributed by atoms with Gasteiger partial charge in [0.1, 0.15) is 0 Å². The highest BCUT2D eigenvalue weighted by Crippen LogP contribution is 2.47. The molecule has 0 spiro atoms. The van der Waals surface area contributed by atoms with Crippen LogP contribution in [0.2, 0.25) is 0 Å². The van der Waals surface area contributed by atoms with Crippen LogP contribution in [-0.4, -0.2) is 0 Å². The van der Waals surface area contributed by atoms with E-state index < -0.39 is 0 Å². The topological polar surface area (TPSA) is 0 Å². The predicted molar refractivity (Wildman–Crippen MR) is 113 cm³/mol. The second-order valence-corrected chi connectivity index (χ2v) is 10.1. The summed E-state index contributed by atoms with van der Waals surface area (Å²) in [6, 6.07) is 22.2. The van der Waals surface area contributed by atoms with Gasteiger partial charge in [0.05, 0.1) is 9.40 Å². The van der Waals surface area contributed by atoms with Gasteiger partial charge in [-0.1, -0.05) is 36.4 Å². The van der Waals surface area contributed by atoms with Gasteiger partial charge in [0.15, 0.2) is 0 Å². The summed E-state index contributed by atoms with van der Waals surface area (Å²) in [7, 11) is 0. The maximum Gasteiger partial charge on any atom is 0.0536 e. The zero-order valence-corrected chi connectivity index (χ0v) is 15.7. The van der Waals surface area contributed by atoms with Crippen molar-refractivity contribution in [2.45, 2.75) is 0 Å². The van der Waals surface area contributed by atoms with E-state index in [1.807, 2.05) is 45.3 Å². The summed E-state index contributed by atoms with van der Waals surface area (Å²) in [5.41, 5.74) is 0. The van der Waals surface area contributed by atoms with Crippen molar-refractivity contribution in [2.24, 2.45) is 0 Å². The summed E-state index contributed by atoms with van der Waals surface area (Å²) in [6.07, 6.45) is 0. The predicted octanol–water partition coefficient (Wildman–Crippen LogP) is 8.21.